The number of nitriles is 1. The molecule has 8 nitrogen and oxygen atoms in total. The highest BCUT2D eigenvalue weighted by molar-refractivity contribution is 6.26. The molecule has 17 aromatic rings. The summed E-state index contributed by atoms with van der Waals surface area (Å²) in [5.74, 6) is 0. The first-order valence-electron chi connectivity index (χ1n) is 27.0. The highest BCUT2D eigenvalue weighted by Gasteiger charge is 2.35. The van der Waals surface area contributed by atoms with E-state index in [1.807, 2.05) is 36.4 Å². The molecule has 0 saturated carbocycles. The van der Waals surface area contributed by atoms with Crippen LogP contribution in [0.25, 0.3) is 159 Å². The first kappa shape index (κ1) is 44.3. The van der Waals surface area contributed by atoms with Crippen LogP contribution in [0.1, 0.15) is 27.8 Å². The van der Waals surface area contributed by atoms with Crippen LogP contribution in [0, 0.1) is 45.6 Å². The number of furan rings is 2. The number of hydrogen-bond donors (Lipinski definition) is 0. The van der Waals surface area contributed by atoms with E-state index in [1.54, 1.807) is 0 Å². The maximum Gasteiger partial charge on any atom is 0.237 e. The van der Waals surface area contributed by atoms with Gasteiger partial charge in [0.1, 0.15) is 28.4 Å². The van der Waals surface area contributed by atoms with Crippen molar-refractivity contribution in [1.29, 1.82) is 5.26 Å². The lowest BCUT2D eigenvalue weighted by Gasteiger charge is -2.27. The van der Waals surface area contributed by atoms with Crippen molar-refractivity contribution < 1.29 is 8.83 Å². The molecule has 8 heteroatoms. The van der Waals surface area contributed by atoms with Gasteiger partial charge in [0.25, 0.3) is 0 Å². The largest absolute Gasteiger partial charge is 0.455 e. The van der Waals surface area contributed by atoms with E-state index in [2.05, 4.69) is 210 Å². The molecule has 0 fully saturated rings. The second kappa shape index (κ2) is 15.9. The second-order valence-electron chi connectivity index (χ2n) is 21.7. The summed E-state index contributed by atoms with van der Waals surface area (Å²) in [7, 11) is 0. The van der Waals surface area contributed by atoms with Crippen LogP contribution in [-0.2, 0) is 0 Å². The average molecular weight is 1030 g/mol. The number of nitrogens with zero attached hydrogens (tertiary/aromatic N) is 6. The molecule has 0 aliphatic rings. The second-order valence-corrected chi connectivity index (χ2v) is 21.7. The molecule has 17 rings (SSSR count). The summed E-state index contributed by atoms with van der Waals surface area (Å²) in [5.41, 5.74) is 17.9. The monoisotopic (exact) mass is 1020 g/mol. The number of fused-ring (bicyclic) bond motifs is 20. The Hall–Kier alpha value is -10.8. The van der Waals surface area contributed by atoms with Crippen LogP contribution < -0.4 is 0 Å². The molecular formula is C72H44N6O2. The summed E-state index contributed by atoms with van der Waals surface area (Å²) in [6.45, 7) is 18.5. The van der Waals surface area contributed by atoms with E-state index in [4.69, 9.17) is 13.7 Å². The van der Waals surface area contributed by atoms with Crippen LogP contribution >= 0.6 is 0 Å². The molecule has 0 bridgehead atoms. The average Bonchev–Trinajstić information content (AvgIpc) is 4.41. The highest BCUT2D eigenvalue weighted by Crippen LogP contribution is 2.53. The first-order chi connectivity index (χ1) is 39.3. The van der Waals surface area contributed by atoms with Gasteiger partial charge in [0.05, 0.1) is 89.8 Å². The molecule has 80 heavy (non-hydrogen) atoms. The van der Waals surface area contributed by atoms with Crippen LogP contribution in [0.4, 0.5) is 5.69 Å². The molecule has 0 amide bonds. The Bertz CT molecular complexity index is 5470. The predicted molar refractivity (Wildman–Crippen MR) is 328 cm³/mol. The van der Waals surface area contributed by atoms with Gasteiger partial charge >= 0.3 is 0 Å². The fourth-order valence-electron chi connectivity index (χ4n) is 13.7. The number of aryl methyl sites for hydroxylation is 4. The third-order valence-electron chi connectivity index (χ3n) is 17.0. The van der Waals surface area contributed by atoms with Gasteiger partial charge in [-0.1, -0.05) is 119 Å². The zero-order valence-corrected chi connectivity index (χ0v) is 44.0. The minimum Gasteiger partial charge on any atom is -0.455 e. The maximum absolute atomic E-state index is 12.7. The van der Waals surface area contributed by atoms with Crippen molar-refractivity contribution in [1.82, 2.24) is 18.3 Å². The van der Waals surface area contributed by atoms with E-state index < -0.39 is 0 Å². The Morgan fingerprint density at radius 2 is 0.700 bits per heavy atom. The number of hydrogen-bond acceptors (Lipinski definition) is 3. The van der Waals surface area contributed by atoms with Gasteiger partial charge in [-0.15, -0.1) is 0 Å². The Morgan fingerprint density at radius 1 is 0.350 bits per heavy atom. The van der Waals surface area contributed by atoms with E-state index >= 15 is 0 Å². The Morgan fingerprint density at radius 3 is 1.12 bits per heavy atom. The van der Waals surface area contributed by atoms with Gasteiger partial charge in [-0.3, -0.25) is 0 Å². The normalized spacial score (nSPS) is 12.2. The lowest BCUT2D eigenvalue weighted by Crippen LogP contribution is -2.14. The van der Waals surface area contributed by atoms with Crippen molar-refractivity contribution in [2.75, 3.05) is 0 Å². The van der Waals surface area contributed by atoms with Crippen LogP contribution in [0.3, 0.4) is 0 Å². The summed E-state index contributed by atoms with van der Waals surface area (Å²) in [6, 6.07) is 71.3. The van der Waals surface area contributed by atoms with Gasteiger partial charge in [0.15, 0.2) is 0 Å². The maximum atomic E-state index is 12.7. The van der Waals surface area contributed by atoms with Gasteiger partial charge in [-0.05, 0) is 125 Å². The van der Waals surface area contributed by atoms with Crippen molar-refractivity contribution in [3.8, 4) is 28.8 Å². The Labute approximate surface area is 456 Å². The zero-order chi connectivity index (χ0) is 53.4. The molecule has 0 aliphatic carbocycles. The van der Waals surface area contributed by atoms with E-state index in [1.165, 1.54) is 0 Å². The molecule has 0 radical (unpaired) electrons. The SMILES string of the molecule is [C-]#[N+]c1c(-n2c3ccc(C)cc3c3cc(C)ccc32)c(-n2c3ccccc3c3c4oc5ccccc5c4ccc32)c(-n2c3ccc(C)cc3c3cc(C)ccc32)c(C#N)c1-n1c2ccccc2c2c3oc4ccccc4c3ccc21. The molecule has 0 unspecified atom stereocenters. The number of para-hydroxylation sites is 4. The van der Waals surface area contributed by atoms with Crippen molar-refractivity contribution in [2.24, 2.45) is 0 Å². The summed E-state index contributed by atoms with van der Waals surface area (Å²) in [4.78, 5) is 4.82. The summed E-state index contributed by atoms with van der Waals surface area (Å²) in [6.07, 6.45) is 0. The van der Waals surface area contributed by atoms with Gasteiger partial charge in [0, 0.05) is 53.9 Å². The molecule has 0 spiro atoms. The van der Waals surface area contributed by atoms with Gasteiger partial charge in [-0.25, -0.2) is 4.85 Å². The smallest absolute Gasteiger partial charge is 0.237 e. The minimum atomic E-state index is 0.316. The topological polar surface area (TPSA) is 74.2 Å². The van der Waals surface area contributed by atoms with E-state index in [-0.39, 0.29) is 0 Å². The molecule has 374 valence electrons. The lowest BCUT2D eigenvalue weighted by molar-refractivity contribution is 0.672. The van der Waals surface area contributed by atoms with Crippen LogP contribution in [0.2, 0.25) is 0 Å². The molecule has 11 aromatic carbocycles. The van der Waals surface area contributed by atoms with E-state index in [9.17, 15) is 11.8 Å². The molecule has 0 aliphatic heterocycles. The van der Waals surface area contributed by atoms with Crippen molar-refractivity contribution >= 4 is 137 Å². The molecule has 0 N–H and O–H groups in total. The first-order valence-corrected chi connectivity index (χ1v) is 27.0. The third-order valence-corrected chi connectivity index (χ3v) is 17.0. The van der Waals surface area contributed by atoms with Crippen molar-refractivity contribution in [3.63, 3.8) is 0 Å². The van der Waals surface area contributed by atoms with Crippen LogP contribution in [0.5, 0.6) is 0 Å². The number of aromatic nitrogens is 4. The van der Waals surface area contributed by atoms with Crippen LogP contribution in [0.15, 0.2) is 203 Å². The summed E-state index contributed by atoms with van der Waals surface area (Å²) >= 11 is 0. The number of benzene rings is 11. The lowest BCUT2D eigenvalue weighted by atomic mass is 10.0. The Kier molecular flexibility index (Phi) is 8.81. The molecule has 0 atom stereocenters. The van der Waals surface area contributed by atoms with E-state index in [0.29, 0.717) is 34.0 Å². The fraction of sp³-hybridized carbons (Fsp3) is 0.0556. The van der Waals surface area contributed by atoms with E-state index in [0.717, 1.165) is 153 Å². The predicted octanol–water partition coefficient (Wildman–Crippen LogP) is 19.5. The number of rotatable bonds is 4. The van der Waals surface area contributed by atoms with Crippen molar-refractivity contribution in [2.45, 2.75) is 27.7 Å². The fourth-order valence-corrected chi connectivity index (χ4v) is 13.7. The van der Waals surface area contributed by atoms with Gasteiger partial charge in [0.2, 0.25) is 5.69 Å². The summed E-state index contributed by atoms with van der Waals surface area (Å²) in [5, 5.41) is 24.8. The highest BCUT2D eigenvalue weighted by atomic mass is 16.3. The molecular weight excluding hydrogens is 981 g/mol. The van der Waals surface area contributed by atoms with Gasteiger partial charge in [-0.2, -0.15) is 5.26 Å². The summed E-state index contributed by atoms with van der Waals surface area (Å²) < 4.78 is 23.0. The minimum absolute atomic E-state index is 0.316. The quantitative estimate of drug-likeness (QED) is 0.165. The van der Waals surface area contributed by atoms with Gasteiger partial charge < -0.3 is 27.1 Å². The molecule has 0 saturated heterocycles. The van der Waals surface area contributed by atoms with Crippen molar-refractivity contribution in [3.05, 3.63) is 233 Å². The standard InChI is InChI=1S/C72H44N6O2/c1-39-22-28-56-49(34-39)50-35-40(2)23-29-57(50)75(56)68-53(38-73)67(77-54-18-10-6-16-47(54)64-60(77)32-26-45-43-14-8-12-20-62(43)79-71(45)64)66(74-5)69(76-58-30-24-41(3)36-51(58)52-37-42(4)25-31-59(52)76)70(68)78-55-19-11-7-17-48(55)65-61(78)33-27-46-44-15-9-13-21-63(44)80-72(46)65/h6-37H,1-4H3. The molecule has 6 heterocycles. The zero-order valence-electron chi connectivity index (χ0n) is 44.0. The Balaban J connectivity index is 1.19. The molecule has 6 aromatic heterocycles. The third kappa shape index (κ3) is 5.71. The van der Waals surface area contributed by atoms with Crippen LogP contribution in [-0.4, -0.2) is 18.3 Å².